The van der Waals surface area contributed by atoms with Crippen molar-refractivity contribution in [1.82, 2.24) is 19.9 Å². The molecule has 0 saturated heterocycles. The Morgan fingerprint density at radius 3 is 3.05 bits per heavy atom. The maximum absolute atomic E-state index is 5.65. The summed E-state index contributed by atoms with van der Waals surface area (Å²) in [5.41, 5.74) is 8.10. The number of anilines is 2. The quantitative estimate of drug-likeness (QED) is 0.689. The molecule has 7 heteroatoms. The molecular weight excluding hydrogens is 308 g/mol. The van der Waals surface area contributed by atoms with Gasteiger partial charge in [0, 0.05) is 11.0 Å². The SMILES string of the molecule is Nc1nc(NCc2cccc(Br)c2)c2[nH]cnc2n1. The third-order valence-electron chi connectivity index (χ3n) is 2.65. The molecule has 0 aliphatic rings. The van der Waals surface area contributed by atoms with Crippen molar-refractivity contribution in [3.8, 4) is 0 Å². The number of nitrogens with zero attached hydrogens (tertiary/aromatic N) is 3. The number of nitrogens with one attached hydrogen (secondary N) is 2. The first kappa shape index (κ1) is 11.9. The normalized spacial score (nSPS) is 10.8. The minimum Gasteiger partial charge on any atom is -0.368 e. The molecule has 3 aromatic rings. The molecule has 1 aromatic carbocycles. The molecule has 6 nitrogen and oxygen atoms in total. The van der Waals surface area contributed by atoms with E-state index in [1.165, 1.54) is 0 Å². The van der Waals surface area contributed by atoms with Crippen molar-refractivity contribution in [3.05, 3.63) is 40.6 Å². The number of aromatic amines is 1. The summed E-state index contributed by atoms with van der Waals surface area (Å²) in [6.45, 7) is 0.643. The van der Waals surface area contributed by atoms with Crippen molar-refractivity contribution in [2.45, 2.75) is 6.54 Å². The van der Waals surface area contributed by atoms with Crippen LogP contribution in [0, 0.1) is 0 Å². The molecule has 0 unspecified atom stereocenters. The lowest BCUT2D eigenvalue weighted by atomic mass is 10.2. The first-order chi connectivity index (χ1) is 9.22. The number of aromatic nitrogens is 4. The molecule has 2 heterocycles. The highest BCUT2D eigenvalue weighted by Gasteiger charge is 2.07. The molecule has 0 saturated carbocycles. The Hall–Kier alpha value is -2.15. The van der Waals surface area contributed by atoms with E-state index in [0.29, 0.717) is 18.0 Å². The molecule has 96 valence electrons. The van der Waals surface area contributed by atoms with Crippen molar-refractivity contribution in [2.75, 3.05) is 11.1 Å². The van der Waals surface area contributed by atoms with Gasteiger partial charge in [0.2, 0.25) is 5.95 Å². The average Bonchev–Trinajstić information content (AvgIpc) is 2.84. The monoisotopic (exact) mass is 318 g/mol. The van der Waals surface area contributed by atoms with Gasteiger partial charge in [-0.25, -0.2) is 4.98 Å². The lowest BCUT2D eigenvalue weighted by Crippen LogP contribution is -2.05. The van der Waals surface area contributed by atoms with Gasteiger partial charge in [-0.15, -0.1) is 0 Å². The van der Waals surface area contributed by atoms with Gasteiger partial charge in [-0.05, 0) is 17.7 Å². The molecule has 0 spiro atoms. The highest BCUT2D eigenvalue weighted by molar-refractivity contribution is 9.10. The smallest absolute Gasteiger partial charge is 0.224 e. The minimum absolute atomic E-state index is 0.205. The summed E-state index contributed by atoms with van der Waals surface area (Å²) in [4.78, 5) is 15.3. The van der Waals surface area contributed by atoms with Crippen LogP contribution >= 0.6 is 15.9 Å². The number of H-pyrrole nitrogens is 1. The molecule has 3 rings (SSSR count). The summed E-state index contributed by atoms with van der Waals surface area (Å²) < 4.78 is 1.04. The first-order valence-electron chi connectivity index (χ1n) is 5.67. The van der Waals surface area contributed by atoms with Gasteiger partial charge in [0.1, 0.15) is 5.52 Å². The molecule has 0 radical (unpaired) electrons. The van der Waals surface area contributed by atoms with Crippen molar-refractivity contribution < 1.29 is 0 Å². The molecule has 0 aliphatic heterocycles. The van der Waals surface area contributed by atoms with E-state index in [4.69, 9.17) is 5.73 Å². The number of imidazole rings is 1. The molecule has 0 amide bonds. The lowest BCUT2D eigenvalue weighted by Gasteiger charge is -2.07. The predicted molar refractivity (Wildman–Crippen MR) is 77.6 cm³/mol. The van der Waals surface area contributed by atoms with Crippen LogP contribution in [0.2, 0.25) is 0 Å². The van der Waals surface area contributed by atoms with Crippen LogP contribution in [-0.2, 0) is 6.54 Å². The van der Waals surface area contributed by atoms with Gasteiger partial charge in [0.15, 0.2) is 11.5 Å². The van der Waals surface area contributed by atoms with Gasteiger partial charge in [0.25, 0.3) is 0 Å². The predicted octanol–water partition coefficient (Wildman–Crippen LogP) is 2.31. The zero-order chi connectivity index (χ0) is 13.2. The summed E-state index contributed by atoms with van der Waals surface area (Å²) in [5.74, 6) is 0.858. The van der Waals surface area contributed by atoms with E-state index in [9.17, 15) is 0 Å². The highest BCUT2D eigenvalue weighted by Crippen LogP contribution is 2.19. The van der Waals surface area contributed by atoms with Gasteiger partial charge in [0.05, 0.1) is 6.33 Å². The second-order valence-electron chi connectivity index (χ2n) is 4.02. The van der Waals surface area contributed by atoms with Crippen LogP contribution in [0.5, 0.6) is 0 Å². The second-order valence-corrected chi connectivity index (χ2v) is 4.93. The van der Waals surface area contributed by atoms with Crippen LogP contribution < -0.4 is 11.1 Å². The summed E-state index contributed by atoms with van der Waals surface area (Å²) in [7, 11) is 0. The van der Waals surface area contributed by atoms with Crippen LogP contribution in [0.4, 0.5) is 11.8 Å². The Bertz CT molecular complexity index is 723. The van der Waals surface area contributed by atoms with E-state index in [2.05, 4.69) is 41.2 Å². The largest absolute Gasteiger partial charge is 0.368 e. The van der Waals surface area contributed by atoms with Gasteiger partial charge in [-0.3, -0.25) is 0 Å². The van der Waals surface area contributed by atoms with Crippen LogP contribution in [-0.4, -0.2) is 19.9 Å². The van der Waals surface area contributed by atoms with Crippen LogP contribution in [0.15, 0.2) is 35.1 Å². The fourth-order valence-corrected chi connectivity index (χ4v) is 2.26. The Morgan fingerprint density at radius 2 is 2.21 bits per heavy atom. The molecule has 2 aromatic heterocycles. The third-order valence-corrected chi connectivity index (χ3v) is 3.15. The first-order valence-corrected chi connectivity index (χ1v) is 6.46. The minimum atomic E-state index is 0.205. The zero-order valence-corrected chi connectivity index (χ0v) is 11.5. The van der Waals surface area contributed by atoms with Crippen LogP contribution in [0.3, 0.4) is 0 Å². The maximum Gasteiger partial charge on any atom is 0.224 e. The fourth-order valence-electron chi connectivity index (χ4n) is 1.81. The van der Waals surface area contributed by atoms with E-state index in [1.807, 2.05) is 24.3 Å². The number of nitrogens with two attached hydrogens (primary N) is 1. The Labute approximate surface area is 117 Å². The molecule has 0 atom stereocenters. The summed E-state index contributed by atoms with van der Waals surface area (Å²) in [6.07, 6.45) is 1.57. The number of fused-ring (bicyclic) bond motifs is 1. The van der Waals surface area contributed by atoms with Gasteiger partial charge >= 0.3 is 0 Å². The van der Waals surface area contributed by atoms with Crippen LogP contribution in [0.1, 0.15) is 5.56 Å². The summed E-state index contributed by atoms with van der Waals surface area (Å²) in [5, 5.41) is 3.23. The number of nitrogen functional groups attached to an aromatic ring is 1. The van der Waals surface area contributed by atoms with Crippen LogP contribution in [0.25, 0.3) is 11.2 Å². The van der Waals surface area contributed by atoms with E-state index in [1.54, 1.807) is 6.33 Å². The Balaban J connectivity index is 1.87. The average molecular weight is 319 g/mol. The van der Waals surface area contributed by atoms with Crippen molar-refractivity contribution in [2.24, 2.45) is 0 Å². The van der Waals surface area contributed by atoms with Crippen molar-refractivity contribution >= 4 is 38.9 Å². The zero-order valence-electron chi connectivity index (χ0n) is 9.89. The molecule has 0 fully saturated rings. The fraction of sp³-hybridized carbons (Fsp3) is 0.0833. The number of benzene rings is 1. The van der Waals surface area contributed by atoms with Gasteiger partial charge in [-0.1, -0.05) is 28.1 Å². The number of halogens is 1. The van der Waals surface area contributed by atoms with Crippen molar-refractivity contribution in [1.29, 1.82) is 0 Å². The van der Waals surface area contributed by atoms with E-state index in [0.717, 1.165) is 15.6 Å². The highest BCUT2D eigenvalue weighted by atomic mass is 79.9. The molecule has 19 heavy (non-hydrogen) atoms. The Morgan fingerprint density at radius 1 is 1.32 bits per heavy atom. The Kier molecular flexibility index (Phi) is 3.04. The lowest BCUT2D eigenvalue weighted by molar-refractivity contribution is 1.10. The number of hydrogen-bond acceptors (Lipinski definition) is 5. The van der Waals surface area contributed by atoms with E-state index >= 15 is 0 Å². The topological polar surface area (TPSA) is 92.5 Å². The maximum atomic E-state index is 5.65. The summed E-state index contributed by atoms with van der Waals surface area (Å²) >= 11 is 3.44. The second kappa shape index (κ2) is 4.85. The number of hydrogen-bond donors (Lipinski definition) is 3. The third kappa shape index (κ3) is 2.50. The molecule has 4 N–H and O–H groups in total. The number of rotatable bonds is 3. The van der Waals surface area contributed by atoms with Gasteiger partial charge < -0.3 is 16.0 Å². The van der Waals surface area contributed by atoms with Gasteiger partial charge in [-0.2, -0.15) is 9.97 Å². The molecule has 0 aliphatic carbocycles. The van der Waals surface area contributed by atoms with E-state index < -0.39 is 0 Å². The van der Waals surface area contributed by atoms with Crippen molar-refractivity contribution in [3.63, 3.8) is 0 Å². The van der Waals surface area contributed by atoms with E-state index in [-0.39, 0.29) is 5.95 Å². The summed E-state index contributed by atoms with van der Waals surface area (Å²) in [6, 6.07) is 8.05. The molecule has 0 bridgehead atoms. The standard InChI is InChI=1S/C12H11BrN6/c13-8-3-1-2-7(4-8)5-15-10-9-11(17-6-16-9)19-12(14)18-10/h1-4,6H,5H2,(H4,14,15,16,17,18,19). The molecular formula is C12H11BrN6.